The van der Waals surface area contributed by atoms with Crippen molar-refractivity contribution in [3.05, 3.63) is 11.7 Å². The van der Waals surface area contributed by atoms with Crippen LogP contribution < -0.4 is 5.73 Å². The summed E-state index contributed by atoms with van der Waals surface area (Å²) in [5, 5.41) is 4.06. The van der Waals surface area contributed by atoms with Crippen molar-refractivity contribution in [2.24, 2.45) is 17.6 Å². The van der Waals surface area contributed by atoms with Crippen molar-refractivity contribution in [1.82, 2.24) is 10.1 Å². The molecule has 0 aromatic carbocycles. The summed E-state index contributed by atoms with van der Waals surface area (Å²) in [4.78, 5) is 4.40. The molecule has 1 fully saturated rings. The van der Waals surface area contributed by atoms with E-state index in [1.165, 1.54) is 25.7 Å². The molecule has 0 saturated heterocycles. The third kappa shape index (κ3) is 2.86. The molecule has 1 atom stereocenters. The second-order valence-corrected chi connectivity index (χ2v) is 5.64. The maximum absolute atomic E-state index is 5.72. The maximum Gasteiger partial charge on any atom is 0.243 e. The highest BCUT2D eigenvalue weighted by Gasteiger charge is 2.27. The van der Waals surface area contributed by atoms with Crippen LogP contribution in [0.2, 0.25) is 0 Å². The van der Waals surface area contributed by atoms with Gasteiger partial charge in [0.25, 0.3) is 0 Å². The smallest absolute Gasteiger partial charge is 0.243 e. The summed E-state index contributed by atoms with van der Waals surface area (Å²) >= 11 is 0. The van der Waals surface area contributed by atoms with Gasteiger partial charge in [0.1, 0.15) is 0 Å². The van der Waals surface area contributed by atoms with Crippen molar-refractivity contribution in [3.63, 3.8) is 0 Å². The lowest BCUT2D eigenvalue weighted by Gasteiger charge is -2.29. The lowest BCUT2D eigenvalue weighted by molar-refractivity contribution is 0.251. The zero-order chi connectivity index (χ0) is 12.4. The molecule has 4 heteroatoms. The largest absolute Gasteiger partial charge is 0.338 e. The van der Waals surface area contributed by atoms with Crippen molar-refractivity contribution in [2.75, 3.05) is 0 Å². The van der Waals surface area contributed by atoms with Crippen LogP contribution in [0.25, 0.3) is 0 Å². The fourth-order valence-corrected chi connectivity index (χ4v) is 2.64. The molecule has 1 heterocycles. The Morgan fingerprint density at radius 2 is 1.82 bits per heavy atom. The van der Waals surface area contributed by atoms with Crippen LogP contribution in [0.15, 0.2) is 4.52 Å². The molecule has 96 valence electrons. The summed E-state index contributed by atoms with van der Waals surface area (Å²) < 4.78 is 5.17. The van der Waals surface area contributed by atoms with Gasteiger partial charge >= 0.3 is 0 Å². The first kappa shape index (κ1) is 12.6. The Morgan fingerprint density at radius 1 is 1.18 bits per heavy atom. The lowest BCUT2D eigenvalue weighted by atomic mass is 9.77. The minimum absolute atomic E-state index is 0.164. The Balaban J connectivity index is 1.96. The summed E-state index contributed by atoms with van der Waals surface area (Å²) in [6, 6.07) is -0.164. The van der Waals surface area contributed by atoms with E-state index in [0.717, 1.165) is 17.7 Å². The van der Waals surface area contributed by atoms with E-state index in [9.17, 15) is 0 Å². The molecule has 1 aromatic rings. The van der Waals surface area contributed by atoms with Crippen LogP contribution in [0.3, 0.4) is 0 Å². The summed E-state index contributed by atoms with van der Waals surface area (Å²) in [7, 11) is 0. The van der Waals surface area contributed by atoms with E-state index >= 15 is 0 Å². The van der Waals surface area contributed by atoms with Gasteiger partial charge in [0, 0.05) is 5.92 Å². The molecule has 0 spiro atoms. The first-order valence-corrected chi connectivity index (χ1v) is 6.67. The number of hydrogen-bond acceptors (Lipinski definition) is 4. The minimum Gasteiger partial charge on any atom is -0.338 e. The molecular weight excluding hydrogens is 214 g/mol. The Hall–Kier alpha value is -0.900. The normalized spacial score (nSPS) is 27.4. The monoisotopic (exact) mass is 237 g/mol. The molecule has 2 rings (SSSR count). The number of nitrogens with two attached hydrogens (primary N) is 1. The van der Waals surface area contributed by atoms with E-state index in [0.29, 0.717) is 11.8 Å². The summed E-state index contributed by atoms with van der Waals surface area (Å²) in [5.41, 5.74) is 5.72. The molecule has 1 aliphatic rings. The molecule has 0 radical (unpaired) electrons. The molecule has 1 aromatic heterocycles. The number of hydrogen-bond donors (Lipinski definition) is 1. The van der Waals surface area contributed by atoms with Crippen molar-refractivity contribution in [2.45, 2.75) is 58.4 Å². The number of aromatic nitrogens is 2. The van der Waals surface area contributed by atoms with Crippen molar-refractivity contribution >= 4 is 0 Å². The fourth-order valence-electron chi connectivity index (χ4n) is 2.64. The highest BCUT2D eigenvalue weighted by atomic mass is 16.5. The van der Waals surface area contributed by atoms with Gasteiger partial charge in [-0.2, -0.15) is 4.98 Å². The topological polar surface area (TPSA) is 64.9 Å². The van der Waals surface area contributed by atoms with Crippen LogP contribution in [0, 0.1) is 11.8 Å². The molecule has 0 bridgehead atoms. The predicted octanol–water partition coefficient (Wildman–Crippen LogP) is 3.02. The molecule has 0 aliphatic heterocycles. The van der Waals surface area contributed by atoms with Crippen LogP contribution in [-0.4, -0.2) is 10.1 Å². The zero-order valence-corrected chi connectivity index (χ0v) is 11.0. The summed E-state index contributed by atoms with van der Waals surface area (Å²) in [6.07, 6.45) is 4.93. The Bertz CT molecular complexity index is 351. The lowest BCUT2D eigenvalue weighted by Crippen LogP contribution is -2.18. The van der Waals surface area contributed by atoms with Crippen LogP contribution in [0.1, 0.15) is 70.1 Å². The molecular formula is C13H23N3O. The second-order valence-electron chi connectivity index (χ2n) is 5.64. The van der Waals surface area contributed by atoms with E-state index in [-0.39, 0.29) is 6.04 Å². The SMILES string of the molecule is CC(N)c1nc(C2CCC(C(C)C)CC2)no1. The second kappa shape index (κ2) is 5.17. The third-order valence-corrected chi connectivity index (χ3v) is 3.93. The van der Waals surface area contributed by atoms with E-state index in [2.05, 4.69) is 24.0 Å². The molecule has 4 nitrogen and oxygen atoms in total. The maximum atomic E-state index is 5.72. The Labute approximate surface area is 103 Å². The fraction of sp³-hybridized carbons (Fsp3) is 0.846. The highest BCUT2D eigenvalue weighted by Crippen LogP contribution is 2.37. The van der Waals surface area contributed by atoms with Gasteiger partial charge in [-0.3, -0.25) is 0 Å². The summed E-state index contributed by atoms with van der Waals surface area (Å²) in [5.74, 6) is 3.55. The van der Waals surface area contributed by atoms with Crippen molar-refractivity contribution in [3.8, 4) is 0 Å². The van der Waals surface area contributed by atoms with Gasteiger partial charge in [0.15, 0.2) is 5.82 Å². The average molecular weight is 237 g/mol. The van der Waals surface area contributed by atoms with E-state index in [1.54, 1.807) is 0 Å². The zero-order valence-electron chi connectivity index (χ0n) is 11.0. The Kier molecular flexibility index (Phi) is 3.82. The van der Waals surface area contributed by atoms with Crippen LogP contribution >= 0.6 is 0 Å². The van der Waals surface area contributed by atoms with Crippen LogP contribution in [0.4, 0.5) is 0 Å². The standard InChI is InChI=1S/C13H23N3O/c1-8(2)10-4-6-11(7-5-10)12-15-13(9(3)14)17-16-12/h8-11H,4-7,14H2,1-3H3. The van der Waals surface area contributed by atoms with E-state index in [1.807, 2.05) is 6.92 Å². The molecule has 0 amide bonds. The van der Waals surface area contributed by atoms with Gasteiger partial charge in [-0.25, -0.2) is 0 Å². The number of nitrogens with zero attached hydrogens (tertiary/aromatic N) is 2. The minimum atomic E-state index is -0.164. The van der Waals surface area contributed by atoms with Crippen molar-refractivity contribution in [1.29, 1.82) is 0 Å². The Morgan fingerprint density at radius 3 is 2.29 bits per heavy atom. The molecule has 1 saturated carbocycles. The van der Waals surface area contributed by atoms with Gasteiger partial charge in [-0.15, -0.1) is 0 Å². The average Bonchev–Trinajstić information content (AvgIpc) is 2.78. The van der Waals surface area contributed by atoms with Gasteiger partial charge in [-0.05, 0) is 44.4 Å². The highest BCUT2D eigenvalue weighted by molar-refractivity contribution is 4.99. The van der Waals surface area contributed by atoms with Crippen molar-refractivity contribution < 1.29 is 4.52 Å². The predicted molar refractivity (Wildman–Crippen MR) is 66.4 cm³/mol. The van der Waals surface area contributed by atoms with Crippen LogP contribution in [0.5, 0.6) is 0 Å². The quantitative estimate of drug-likeness (QED) is 0.877. The van der Waals surface area contributed by atoms with Gasteiger partial charge in [-0.1, -0.05) is 19.0 Å². The van der Waals surface area contributed by atoms with E-state index < -0.39 is 0 Å². The first-order chi connectivity index (χ1) is 8.08. The molecule has 17 heavy (non-hydrogen) atoms. The van der Waals surface area contributed by atoms with Gasteiger partial charge < -0.3 is 10.3 Å². The van der Waals surface area contributed by atoms with Gasteiger partial charge in [0.05, 0.1) is 6.04 Å². The molecule has 1 unspecified atom stereocenters. The van der Waals surface area contributed by atoms with E-state index in [4.69, 9.17) is 10.3 Å². The first-order valence-electron chi connectivity index (χ1n) is 6.67. The third-order valence-electron chi connectivity index (χ3n) is 3.93. The molecule has 1 aliphatic carbocycles. The number of rotatable bonds is 3. The van der Waals surface area contributed by atoms with Gasteiger partial charge in [0.2, 0.25) is 5.89 Å². The van der Waals surface area contributed by atoms with Crippen LogP contribution in [-0.2, 0) is 0 Å². The summed E-state index contributed by atoms with van der Waals surface area (Å²) in [6.45, 7) is 6.49. The molecule has 2 N–H and O–H groups in total.